The third kappa shape index (κ3) is 3.10. The summed E-state index contributed by atoms with van der Waals surface area (Å²) in [5.41, 5.74) is 14.4. The predicted molar refractivity (Wildman–Crippen MR) is 79.8 cm³/mol. The maximum absolute atomic E-state index is 6.26. The maximum Gasteiger partial charge on any atom is 0.119 e. The molecule has 4 nitrogen and oxygen atoms in total. The summed E-state index contributed by atoms with van der Waals surface area (Å²) in [5, 5.41) is 0. The maximum atomic E-state index is 6.26. The topological polar surface area (TPSA) is 70.5 Å². The molecule has 0 saturated heterocycles. The Bertz CT molecular complexity index is 520. The molecule has 4 heteroatoms. The number of ether oxygens (including phenoxy) is 2. The summed E-state index contributed by atoms with van der Waals surface area (Å²) in [4.78, 5) is 0. The van der Waals surface area contributed by atoms with Crippen LogP contribution in [-0.4, -0.2) is 14.2 Å². The highest BCUT2D eigenvalue weighted by Gasteiger charge is 2.18. The molecule has 0 heterocycles. The van der Waals surface area contributed by atoms with Crippen LogP contribution < -0.4 is 20.9 Å². The molecule has 0 aliphatic carbocycles. The molecule has 0 radical (unpaired) electrons. The van der Waals surface area contributed by atoms with E-state index in [9.17, 15) is 0 Å². The number of methoxy groups -OCH3 is 2. The van der Waals surface area contributed by atoms with E-state index in [1.165, 1.54) is 0 Å². The highest BCUT2D eigenvalue weighted by molar-refractivity contribution is 5.35. The van der Waals surface area contributed by atoms with Gasteiger partial charge in [-0.25, -0.2) is 0 Å². The van der Waals surface area contributed by atoms with E-state index in [4.69, 9.17) is 20.9 Å². The average Bonchev–Trinajstić information content (AvgIpc) is 2.53. The molecule has 0 unspecified atom stereocenters. The van der Waals surface area contributed by atoms with Gasteiger partial charge >= 0.3 is 0 Å². The Morgan fingerprint density at radius 1 is 0.750 bits per heavy atom. The van der Waals surface area contributed by atoms with Crippen molar-refractivity contribution in [3.8, 4) is 11.5 Å². The summed E-state index contributed by atoms with van der Waals surface area (Å²) < 4.78 is 10.4. The van der Waals surface area contributed by atoms with Crippen LogP contribution in [0.4, 0.5) is 0 Å². The zero-order valence-electron chi connectivity index (χ0n) is 11.7. The first-order valence-electron chi connectivity index (χ1n) is 6.44. The number of benzene rings is 2. The van der Waals surface area contributed by atoms with Crippen LogP contribution in [0.25, 0.3) is 0 Å². The molecule has 0 aliphatic heterocycles. The zero-order chi connectivity index (χ0) is 14.5. The standard InChI is InChI=1S/C16H20N2O2/c1-19-13-7-3-5-11(9-13)15(17)16(18)12-6-4-8-14(10-12)20-2/h3-10,15-16H,17-18H2,1-2H3/t15-,16+. The summed E-state index contributed by atoms with van der Waals surface area (Å²) in [6.45, 7) is 0. The van der Waals surface area contributed by atoms with Crippen LogP contribution in [0.1, 0.15) is 23.2 Å². The molecule has 0 fully saturated rings. The van der Waals surface area contributed by atoms with Gasteiger partial charge in [0.25, 0.3) is 0 Å². The summed E-state index contributed by atoms with van der Waals surface area (Å²) in [7, 11) is 3.26. The van der Waals surface area contributed by atoms with Crippen molar-refractivity contribution in [3.05, 3.63) is 59.7 Å². The number of hydrogen-bond donors (Lipinski definition) is 2. The van der Waals surface area contributed by atoms with E-state index in [0.717, 1.165) is 22.6 Å². The van der Waals surface area contributed by atoms with E-state index in [-0.39, 0.29) is 12.1 Å². The molecule has 2 atom stereocenters. The predicted octanol–water partition coefficient (Wildman–Crippen LogP) is 2.40. The van der Waals surface area contributed by atoms with Crippen LogP contribution in [0.3, 0.4) is 0 Å². The summed E-state index contributed by atoms with van der Waals surface area (Å²) >= 11 is 0. The number of nitrogens with two attached hydrogens (primary N) is 2. The Hall–Kier alpha value is -2.04. The van der Waals surface area contributed by atoms with Gasteiger partial charge in [0, 0.05) is 12.1 Å². The lowest BCUT2D eigenvalue weighted by Crippen LogP contribution is -2.26. The molecule has 4 N–H and O–H groups in total. The average molecular weight is 272 g/mol. The molecule has 2 rings (SSSR count). The van der Waals surface area contributed by atoms with Crippen LogP contribution in [0.15, 0.2) is 48.5 Å². The van der Waals surface area contributed by atoms with Gasteiger partial charge in [0.15, 0.2) is 0 Å². The van der Waals surface area contributed by atoms with Crippen molar-refractivity contribution in [2.75, 3.05) is 14.2 Å². The van der Waals surface area contributed by atoms with E-state index in [2.05, 4.69) is 0 Å². The van der Waals surface area contributed by atoms with E-state index in [0.29, 0.717) is 0 Å². The Balaban J connectivity index is 2.24. The molecule has 0 amide bonds. The van der Waals surface area contributed by atoms with Gasteiger partial charge in [-0.2, -0.15) is 0 Å². The highest BCUT2D eigenvalue weighted by Crippen LogP contribution is 2.28. The lowest BCUT2D eigenvalue weighted by atomic mass is 9.94. The van der Waals surface area contributed by atoms with Gasteiger partial charge in [0.1, 0.15) is 11.5 Å². The van der Waals surface area contributed by atoms with Gasteiger partial charge in [-0.3, -0.25) is 0 Å². The second kappa shape index (κ2) is 6.41. The molecule has 106 valence electrons. The molecule has 0 spiro atoms. The number of rotatable bonds is 5. The van der Waals surface area contributed by atoms with Crippen molar-refractivity contribution < 1.29 is 9.47 Å². The van der Waals surface area contributed by atoms with Crippen molar-refractivity contribution >= 4 is 0 Å². The van der Waals surface area contributed by atoms with Crippen LogP contribution in [0.2, 0.25) is 0 Å². The summed E-state index contributed by atoms with van der Waals surface area (Å²) in [6, 6.07) is 14.7. The SMILES string of the molecule is COc1cccc([C@@H](N)[C@@H](N)c2cccc(OC)c2)c1. The molecule has 2 aromatic rings. The first kappa shape index (κ1) is 14.4. The third-order valence-corrected chi connectivity index (χ3v) is 3.34. The van der Waals surface area contributed by atoms with Crippen LogP contribution in [0.5, 0.6) is 11.5 Å². The first-order valence-corrected chi connectivity index (χ1v) is 6.44. The Morgan fingerprint density at radius 2 is 1.15 bits per heavy atom. The largest absolute Gasteiger partial charge is 0.497 e. The fourth-order valence-electron chi connectivity index (χ4n) is 2.11. The van der Waals surface area contributed by atoms with Crippen molar-refractivity contribution in [1.29, 1.82) is 0 Å². The molecular formula is C16H20N2O2. The van der Waals surface area contributed by atoms with E-state index >= 15 is 0 Å². The minimum atomic E-state index is -0.308. The van der Waals surface area contributed by atoms with Gasteiger partial charge in [0.05, 0.1) is 14.2 Å². The second-order valence-corrected chi connectivity index (χ2v) is 4.60. The Kier molecular flexibility index (Phi) is 4.61. The molecule has 0 aliphatic rings. The number of hydrogen-bond acceptors (Lipinski definition) is 4. The molecule has 0 aromatic heterocycles. The molecular weight excluding hydrogens is 252 g/mol. The third-order valence-electron chi connectivity index (χ3n) is 3.34. The normalized spacial score (nSPS) is 13.6. The monoisotopic (exact) mass is 272 g/mol. The summed E-state index contributed by atoms with van der Waals surface area (Å²) in [6.07, 6.45) is 0. The fraction of sp³-hybridized carbons (Fsp3) is 0.250. The highest BCUT2D eigenvalue weighted by atomic mass is 16.5. The zero-order valence-corrected chi connectivity index (χ0v) is 11.7. The van der Waals surface area contributed by atoms with E-state index in [1.54, 1.807) is 14.2 Å². The van der Waals surface area contributed by atoms with Gasteiger partial charge in [-0.05, 0) is 35.4 Å². The van der Waals surface area contributed by atoms with Crippen LogP contribution in [-0.2, 0) is 0 Å². The molecule has 20 heavy (non-hydrogen) atoms. The van der Waals surface area contributed by atoms with Crippen molar-refractivity contribution in [1.82, 2.24) is 0 Å². The quantitative estimate of drug-likeness (QED) is 0.877. The minimum absolute atomic E-state index is 0.308. The van der Waals surface area contributed by atoms with Gasteiger partial charge < -0.3 is 20.9 Å². The Morgan fingerprint density at radius 3 is 1.50 bits per heavy atom. The van der Waals surface area contributed by atoms with Crippen LogP contribution >= 0.6 is 0 Å². The van der Waals surface area contributed by atoms with Gasteiger partial charge in [-0.1, -0.05) is 24.3 Å². The van der Waals surface area contributed by atoms with Crippen molar-refractivity contribution in [2.45, 2.75) is 12.1 Å². The molecule has 2 aromatic carbocycles. The molecule has 0 bridgehead atoms. The fourth-order valence-corrected chi connectivity index (χ4v) is 2.11. The molecule has 0 saturated carbocycles. The van der Waals surface area contributed by atoms with Gasteiger partial charge in [0.2, 0.25) is 0 Å². The van der Waals surface area contributed by atoms with Crippen LogP contribution in [0, 0.1) is 0 Å². The smallest absolute Gasteiger partial charge is 0.119 e. The lowest BCUT2D eigenvalue weighted by Gasteiger charge is -2.21. The van der Waals surface area contributed by atoms with Crippen molar-refractivity contribution in [2.24, 2.45) is 11.5 Å². The van der Waals surface area contributed by atoms with E-state index < -0.39 is 0 Å². The lowest BCUT2D eigenvalue weighted by molar-refractivity contribution is 0.411. The summed E-state index contributed by atoms with van der Waals surface area (Å²) in [5.74, 6) is 1.55. The van der Waals surface area contributed by atoms with Gasteiger partial charge in [-0.15, -0.1) is 0 Å². The van der Waals surface area contributed by atoms with E-state index in [1.807, 2.05) is 48.5 Å². The van der Waals surface area contributed by atoms with Crippen molar-refractivity contribution in [3.63, 3.8) is 0 Å². The Labute approximate surface area is 119 Å². The first-order chi connectivity index (χ1) is 9.65. The minimum Gasteiger partial charge on any atom is -0.497 e. The second-order valence-electron chi connectivity index (χ2n) is 4.60.